The second-order valence-corrected chi connectivity index (χ2v) is 4.81. The molecule has 2 aromatic rings. The highest BCUT2D eigenvalue weighted by Gasteiger charge is 2.28. The molecule has 22 heavy (non-hydrogen) atoms. The van der Waals surface area contributed by atoms with Gasteiger partial charge in [0.25, 0.3) is 5.92 Å². The zero-order chi connectivity index (χ0) is 16.3. The minimum Gasteiger partial charge on any atom is -0.491 e. The Hall–Kier alpha value is -2.04. The average Bonchev–Trinajstić information content (AvgIpc) is 2.52. The molecule has 5 heteroatoms. The van der Waals surface area contributed by atoms with Gasteiger partial charge in [-0.25, -0.2) is 13.2 Å². The van der Waals surface area contributed by atoms with Crippen molar-refractivity contribution < 1.29 is 22.3 Å². The summed E-state index contributed by atoms with van der Waals surface area (Å²) in [5, 5.41) is 0. The van der Waals surface area contributed by atoms with E-state index < -0.39 is 17.6 Å². The number of rotatable bonds is 5. The molecule has 0 unspecified atom stereocenters. The van der Waals surface area contributed by atoms with Crippen LogP contribution in [0.5, 0.6) is 5.75 Å². The molecule has 0 radical (unpaired) electrons. The smallest absolute Gasteiger partial charge is 0.273 e. The van der Waals surface area contributed by atoms with E-state index in [9.17, 15) is 17.6 Å². The molecular formula is C17H16F4O. The summed E-state index contributed by atoms with van der Waals surface area (Å²) in [5.74, 6) is -5.23. The molecule has 0 aromatic heterocycles. The molecule has 2 rings (SSSR count). The Balaban J connectivity index is 2.39. The predicted molar refractivity (Wildman–Crippen MR) is 77.1 cm³/mol. The first-order chi connectivity index (χ1) is 10.4. The Morgan fingerprint density at radius 1 is 0.909 bits per heavy atom. The van der Waals surface area contributed by atoms with Crippen molar-refractivity contribution >= 4 is 0 Å². The van der Waals surface area contributed by atoms with Crippen molar-refractivity contribution in [2.45, 2.75) is 26.2 Å². The lowest BCUT2D eigenvalue weighted by Crippen LogP contribution is -2.11. The molecule has 2 aromatic carbocycles. The number of alkyl halides is 2. The van der Waals surface area contributed by atoms with Gasteiger partial charge in [-0.1, -0.05) is 31.2 Å². The largest absolute Gasteiger partial charge is 0.491 e. The van der Waals surface area contributed by atoms with Crippen LogP contribution in [0.2, 0.25) is 0 Å². The molecule has 0 amide bonds. The van der Waals surface area contributed by atoms with Gasteiger partial charge in [0.1, 0.15) is 0 Å². The minimum atomic E-state index is -2.93. The fourth-order valence-electron chi connectivity index (χ4n) is 2.12. The molecule has 0 saturated heterocycles. The van der Waals surface area contributed by atoms with Crippen molar-refractivity contribution in [1.29, 1.82) is 0 Å². The van der Waals surface area contributed by atoms with Crippen molar-refractivity contribution in [1.82, 2.24) is 0 Å². The van der Waals surface area contributed by atoms with E-state index in [1.54, 1.807) is 6.92 Å². The number of benzene rings is 2. The Labute approximate surface area is 126 Å². The van der Waals surface area contributed by atoms with E-state index in [2.05, 4.69) is 0 Å². The van der Waals surface area contributed by atoms with Gasteiger partial charge in [0.15, 0.2) is 11.6 Å². The first-order valence-corrected chi connectivity index (χ1v) is 7.00. The van der Waals surface area contributed by atoms with E-state index in [0.29, 0.717) is 5.56 Å². The zero-order valence-electron chi connectivity index (χ0n) is 12.3. The van der Waals surface area contributed by atoms with Crippen molar-refractivity contribution in [3.8, 4) is 16.9 Å². The summed E-state index contributed by atoms with van der Waals surface area (Å²) in [6.45, 7) is 3.27. The van der Waals surface area contributed by atoms with Crippen LogP contribution in [0.15, 0.2) is 36.4 Å². The molecule has 0 saturated carbocycles. The highest BCUT2D eigenvalue weighted by Crippen LogP contribution is 2.34. The third-order valence-electron chi connectivity index (χ3n) is 3.41. The normalized spacial score (nSPS) is 11.5. The minimum absolute atomic E-state index is 0.00678. The van der Waals surface area contributed by atoms with Gasteiger partial charge < -0.3 is 4.74 Å². The summed E-state index contributed by atoms with van der Waals surface area (Å²) in [4.78, 5) is 0. The summed E-state index contributed by atoms with van der Waals surface area (Å²) < 4.78 is 60.0. The van der Waals surface area contributed by atoms with Crippen LogP contribution in [0.3, 0.4) is 0 Å². The number of ether oxygens (including phenoxy) is 1. The second-order valence-electron chi connectivity index (χ2n) is 4.81. The van der Waals surface area contributed by atoms with Gasteiger partial charge in [0.2, 0.25) is 5.82 Å². The van der Waals surface area contributed by atoms with E-state index in [1.807, 2.05) is 0 Å². The van der Waals surface area contributed by atoms with Crippen LogP contribution in [0.25, 0.3) is 11.1 Å². The molecule has 0 aliphatic heterocycles. The van der Waals surface area contributed by atoms with E-state index in [1.165, 1.54) is 43.3 Å². The fourth-order valence-corrected chi connectivity index (χ4v) is 2.12. The number of hydrogen-bond donors (Lipinski definition) is 0. The summed E-state index contributed by atoms with van der Waals surface area (Å²) in [7, 11) is 0. The second kappa shape index (κ2) is 6.38. The predicted octanol–water partition coefficient (Wildman–Crippen LogP) is 5.53. The van der Waals surface area contributed by atoms with Crippen LogP contribution in [-0.2, 0) is 5.92 Å². The molecule has 118 valence electrons. The van der Waals surface area contributed by atoms with Crippen molar-refractivity contribution in [3.63, 3.8) is 0 Å². The summed E-state index contributed by atoms with van der Waals surface area (Å²) >= 11 is 0. The molecule has 0 aliphatic carbocycles. The lowest BCUT2D eigenvalue weighted by atomic mass is 10.00. The molecule has 0 spiro atoms. The van der Waals surface area contributed by atoms with E-state index in [4.69, 9.17) is 4.74 Å². The van der Waals surface area contributed by atoms with Gasteiger partial charge in [-0.2, -0.15) is 4.39 Å². The highest BCUT2D eigenvalue weighted by molar-refractivity contribution is 5.65. The van der Waals surface area contributed by atoms with Crippen LogP contribution in [0.4, 0.5) is 17.6 Å². The Bertz CT molecular complexity index is 650. The van der Waals surface area contributed by atoms with E-state index in [0.717, 1.165) is 0 Å². The lowest BCUT2D eigenvalue weighted by Gasteiger charge is -2.15. The lowest BCUT2D eigenvalue weighted by molar-refractivity contribution is -0.00827. The summed E-state index contributed by atoms with van der Waals surface area (Å²) in [6.07, 6.45) is -0.321. The maximum absolute atomic E-state index is 14.1. The van der Waals surface area contributed by atoms with Gasteiger partial charge >= 0.3 is 0 Å². The molecule has 0 atom stereocenters. The zero-order valence-corrected chi connectivity index (χ0v) is 12.3. The SMILES string of the molecule is CCOc1ccc(-c2ccc(C(F)(F)CC)cc2)c(F)c1F. The highest BCUT2D eigenvalue weighted by atomic mass is 19.3. The standard InChI is InChI=1S/C17H16F4O/c1-3-17(20,21)12-7-5-11(6-8-12)13-9-10-14(22-4-2)16(19)15(13)18/h5-10H,3-4H2,1-2H3. The summed E-state index contributed by atoms with van der Waals surface area (Å²) in [6, 6.07) is 7.87. The van der Waals surface area contributed by atoms with Crippen LogP contribution < -0.4 is 4.74 Å². The molecule has 0 fully saturated rings. The molecule has 0 aliphatic rings. The topological polar surface area (TPSA) is 9.23 Å². The van der Waals surface area contributed by atoms with Gasteiger partial charge in [-0.15, -0.1) is 0 Å². The Morgan fingerprint density at radius 3 is 2.09 bits per heavy atom. The molecule has 1 nitrogen and oxygen atoms in total. The first kappa shape index (κ1) is 16.3. The summed E-state index contributed by atoms with van der Waals surface area (Å²) in [5.41, 5.74) is 0.188. The van der Waals surface area contributed by atoms with Gasteiger partial charge in [0.05, 0.1) is 6.61 Å². The van der Waals surface area contributed by atoms with Crippen molar-refractivity contribution in [2.75, 3.05) is 6.61 Å². The number of hydrogen-bond acceptors (Lipinski definition) is 1. The quantitative estimate of drug-likeness (QED) is 0.659. The average molecular weight is 312 g/mol. The van der Waals surface area contributed by atoms with Crippen LogP contribution in [-0.4, -0.2) is 6.61 Å². The van der Waals surface area contributed by atoms with E-state index >= 15 is 0 Å². The van der Waals surface area contributed by atoms with Crippen molar-refractivity contribution in [3.05, 3.63) is 53.6 Å². The third kappa shape index (κ3) is 3.08. The van der Waals surface area contributed by atoms with Crippen LogP contribution in [0, 0.1) is 11.6 Å². The molecular weight excluding hydrogens is 296 g/mol. The number of halogens is 4. The molecule has 0 heterocycles. The van der Waals surface area contributed by atoms with Crippen LogP contribution >= 0.6 is 0 Å². The van der Waals surface area contributed by atoms with Gasteiger partial charge in [-0.05, 0) is 24.6 Å². The van der Waals surface area contributed by atoms with Crippen LogP contribution in [0.1, 0.15) is 25.8 Å². The molecule has 0 bridgehead atoms. The maximum Gasteiger partial charge on any atom is 0.273 e. The van der Waals surface area contributed by atoms with Gasteiger partial charge in [0, 0.05) is 17.5 Å². The maximum atomic E-state index is 14.1. The van der Waals surface area contributed by atoms with Crippen molar-refractivity contribution in [2.24, 2.45) is 0 Å². The first-order valence-electron chi connectivity index (χ1n) is 7.00. The monoisotopic (exact) mass is 312 g/mol. The fraction of sp³-hybridized carbons (Fsp3) is 0.294. The third-order valence-corrected chi connectivity index (χ3v) is 3.41. The Morgan fingerprint density at radius 2 is 1.55 bits per heavy atom. The Kier molecular flexibility index (Phi) is 4.74. The van der Waals surface area contributed by atoms with Gasteiger partial charge in [-0.3, -0.25) is 0 Å². The van der Waals surface area contributed by atoms with E-state index in [-0.39, 0.29) is 29.9 Å². The molecule has 0 N–H and O–H groups in total.